The number of rotatable bonds is 4. The summed E-state index contributed by atoms with van der Waals surface area (Å²) in [7, 11) is 0. The Morgan fingerprint density at radius 1 is 1.29 bits per heavy atom. The Morgan fingerprint density at radius 2 is 2.03 bits per heavy atom. The van der Waals surface area contributed by atoms with Crippen LogP contribution in [0.15, 0.2) is 35.6 Å². The number of nitrogens with zero attached hydrogens (tertiary/aromatic N) is 4. The SMILES string of the molecule is C[C@@H]1C2SC(N(SF)C(=O)OC(C)(C)C)=NC(c3cc(/C=C(\F)c4cnc(Cl)cn4)ccc3F)C21. The molecule has 4 rings (SSSR count). The predicted molar refractivity (Wildman–Crippen MR) is 133 cm³/mol. The highest BCUT2D eigenvalue weighted by atomic mass is 35.5. The molecule has 12 heteroatoms. The quantitative estimate of drug-likeness (QED) is 0.378. The highest BCUT2D eigenvalue weighted by Gasteiger charge is 2.57. The standard InChI is InChI=1S/C23H22ClF3N4O2S2/c1-11-18-19(30-21(34-20(11)18)31(35-27)22(32)33-23(2,3)4)13-7-12(5-6-14(13)25)8-15(26)16-9-29-17(24)10-28-16/h5-11,18-20H,1-4H3/b15-8-/t11-,18?,19?,20?/m0/s1. The molecule has 3 unspecified atom stereocenters. The minimum Gasteiger partial charge on any atom is -0.443 e. The van der Waals surface area contributed by atoms with Crippen molar-refractivity contribution < 1.29 is 22.2 Å². The molecule has 1 amide bonds. The topological polar surface area (TPSA) is 67.7 Å². The summed E-state index contributed by atoms with van der Waals surface area (Å²) in [4.78, 5) is 24.8. The normalized spacial score (nSPS) is 23.9. The summed E-state index contributed by atoms with van der Waals surface area (Å²) < 4.78 is 49.5. The van der Waals surface area contributed by atoms with Crippen molar-refractivity contribution in [1.82, 2.24) is 14.3 Å². The average Bonchev–Trinajstić information content (AvgIpc) is 3.44. The molecule has 0 spiro atoms. The molecule has 0 saturated heterocycles. The van der Waals surface area contributed by atoms with E-state index in [0.29, 0.717) is 5.56 Å². The lowest BCUT2D eigenvalue weighted by molar-refractivity contribution is 0.0473. The second kappa shape index (κ2) is 10.0. The van der Waals surface area contributed by atoms with E-state index in [-0.39, 0.29) is 51.0 Å². The van der Waals surface area contributed by atoms with Gasteiger partial charge in [-0.05, 0) is 50.5 Å². The maximum atomic E-state index is 15.0. The third kappa shape index (κ3) is 5.78. The van der Waals surface area contributed by atoms with Crippen LogP contribution in [0.4, 0.5) is 17.5 Å². The largest absolute Gasteiger partial charge is 0.443 e. The van der Waals surface area contributed by atoms with Gasteiger partial charge in [0.2, 0.25) is 0 Å². The second-order valence-electron chi connectivity index (χ2n) is 9.22. The van der Waals surface area contributed by atoms with Gasteiger partial charge in [0.25, 0.3) is 0 Å². The van der Waals surface area contributed by atoms with E-state index in [1.807, 2.05) is 6.92 Å². The van der Waals surface area contributed by atoms with Crippen molar-refractivity contribution >= 4 is 58.9 Å². The fourth-order valence-corrected chi connectivity index (χ4v) is 5.78. The lowest BCUT2D eigenvalue weighted by atomic mass is 9.98. The highest BCUT2D eigenvalue weighted by molar-refractivity contribution is 8.15. The minimum atomic E-state index is -0.898. The number of amides is 1. The smallest absolute Gasteiger partial charge is 0.428 e. The van der Waals surface area contributed by atoms with Gasteiger partial charge in [-0.15, -0.1) is 3.89 Å². The number of aliphatic imine (C=N–C) groups is 1. The molecule has 1 aliphatic heterocycles. The van der Waals surface area contributed by atoms with Crippen LogP contribution in [0.3, 0.4) is 0 Å². The van der Waals surface area contributed by atoms with Crippen LogP contribution in [0, 0.1) is 17.7 Å². The van der Waals surface area contributed by atoms with E-state index < -0.39 is 29.4 Å². The first-order valence-corrected chi connectivity index (χ1v) is 12.6. The monoisotopic (exact) mass is 542 g/mol. The van der Waals surface area contributed by atoms with Crippen LogP contribution >= 0.6 is 35.7 Å². The Kier molecular flexibility index (Phi) is 7.40. The van der Waals surface area contributed by atoms with Gasteiger partial charge in [-0.25, -0.2) is 23.5 Å². The lowest BCUT2D eigenvalue weighted by Gasteiger charge is -2.27. The van der Waals surface area contributed by atoms with Crippen LogP contribution in [0.25, 0.3) is 11.9 Å². The summed E-state index contributed by atoms with van der Waals surface area (Å²) in [6, 6.07) is 3.50. The Morgan fingerprint density at radius 3 is 2.66 bits per heavy atom. The van der Waals surface area contributed by atoms with Crippen molar-refractivity contribution in [3.8, 4) is 0 Å². The fraction of sp³-hybridized carbons (Fsp3) is 0.391. The van der Waals surface area contributed by atoms with Crippen LogP contribution in [-0.2, 0) is 4.74 Å². The van der Waals surface area contributed by atoms with E-state index in [0.717, 1.165) is 4.31 Å². The molecule has 1 saturated carbocycles. The van der Waals surface area contributed by atoms with Gasteiger partial charge in [-0.2, -0.15) is 4.31 Å². The summed E-state index contributed by atoms with van der Waals surface area (Å²) >= 11 is 6.65. The number of ether oxygens (including phenoxy) is 1. The van der Waals surface area contributed by atoms with Gasteiger partial charge in [0.05, 0.1) is 18.4 Å². The molecule has 0 N–H and O–H groups in total. The van der Waals surface area contributed by atoms with E-state index in [4.69, 9.17) is 16.3 Å². The zero-order valence-electron chi connectivity index (χ0n) is 19.2. The average molecular weight is 543 g/mol. The number of hydrogen-bond donors (Lipinski definition) is 0. The second-order valence-corrected chi connectivity index (χ2v) is 11.3. The first kappa shape index (κ1) is 25.8. The number of carbonyl (C=O) groups excluding carboxylic acids is 1. The molecule has 6 nitrogen and oxygen atoms in total. The zero-order chi connectivity index (χ0) is 25.5. The molecule has 35 heavy (non-hydrogen) atoms. The maximum absolute atomic E-state index is 15.0. The number of hydrogen-bond acceptors (Lipinski definition) is 7. The van der Waals surface area contributed by atoms with Crippen LogP contribution < -0.4 is 0 Å². The van der Waals surface area contributed by atoms with Crippen LogP contribution in [-0.4, -0.2) is 36.4 Å². The molecule has 0 bridgehead atoms. The van der Waals surface area contributed by atoms with Gasteiger partial charge in [-0.1, -0.05) is 36.4 Å². The molecule has 4 atom stereocenters. The van der Waals surface area contributed by atoms with Gasteiger partial charge >= 0.3 is 6.09 Å². The summed E-state index contributed by atoms with van der Waals surface area (Å²) in [5.74, 6) is -1.04. The Bertz CT molecular complexity index is 1190. The van der Waals surface area contributed by atoms with Crippen molar-refractivity contribution in [3.05, 3.63) is 58.4 Å². The predicted octanol–water partition coefficient (Wildman–Crippen LogP) is 7.28. The van der Waals surface area contributed by atoms with Crippen LogP contribution in [0.5, 0.6) is 0 Å². The van der Waals surface area contributed by atoms with E-state index >= 15 is 0 Å². The number of benzene rings is 1. The maximum Gasteiger partial charge on any atom is 0.428 e. The fourth-order valence-electron chi connectivity index (χ4n) is 3.82. The Hall–Kier alpha value is -2.24. The van der Waals surface area contributed by atoms with Crippen molar-refractivity contribution in [2.45, 2.75) is 44.6 Å². The Labute approximate surface area is 214 Å². The molecule has 2 heterocycles. The molecule has 2 aromatic rings. The number of halogens is 4. The molecule has 0 radical (unpaired) electrons. The Balaban J connectivity index is 1.66. The third-order valence-electron chi connectivity index (χ3n) is 5.52. The zero-order valence-corrected chi connectivity index (χ0v) is 21.6. The first-order valence-electron chi connectivity index (χ1n) is 10.7. The van der Waals surface area contributed by atoms with Gasteiger partial charge in [0, 0.05) is 16.7 Å². The summed E-state index contributed by atoms with van der Waals surface area (Å²) in [5, 5.41) is 0.268. The van der Waals surface area contributed by atoms with Gasteiger partial charge in [0.1, 0.15) is 22.3 Å². The molecule has 1 aliphatic carbocycles. The van der Waals surface area contributed by atoms with Gasteiger partial charge < -0.3 is 4.74 Å². The first-order chi connectivity index (χ1) is 16.5. The van der Waals surface area contributed by atoms with Gasteiger partial charge in [0.15, 0.2) is 23.3 Å². The van der Waals surface area contributed by atoms with E-state index in [1.54, 1.807) is 20.8 Å². The molecular weight excluding hydrogens is 521 g/mol. The van der Waals surface area contributed by atoms with Crippen LogP contribution in [0.1, 0.15) is 50.6 Å². The molecule has 1 aromatic heterocycles. The van der Waals surface area contributed by atoms with E-state index in [1.165, 1.54) is 48.4 Å². The summed E-state index contributed by atoms with van der Waals surface area (Å²) in [6.07, 6.45) is 2.74. The number of carbonyl (C=O) groups is 1. The van der Waals surface area contributed by atoms with Crippen molar-refractivity contribution in [3.63, 3.8) is 0 Å². The number of aromatic nitrogens is 2. The third-order valence-corrected chi connectivity index (χ3v) is 7.80. The summed E-state index contributed by atoms with van der Waals surface area (Å²) in [6.45, 7) is 7.01. The van der Waals surface area contributed by atoms with Crippen LogP contribution in [0.2, 0.25) is 5.15 Å². The highest BCUT2D eigenvalue weighted by Crippen LogP contribution is 2.60. The van der Waals surface area contributed by atoms with Crippen molar-refractivity contribution in [2.75, 3.05) is 0 Å². The van der Waals surface area contributed by atoms with Crippen molar-refractivity contribution in [1.29, 1.82) is 0 Å². The van der Waals surface area contributed by atoms with Gasteiger partial charge in [-0.3, -0.25) is 4.99 Å². The number of amidine groups is 1. The molecule has 1 aromatic carbocycles. The molecular formula is C23H22ClF3N4O2S2. The molecule has 186 valence electrons. The van der Waals surface area contributed by atoms with E-state index in [2.05, 4.69) is 15.0 Å². The minimum absolute atomic E-state index is 0.00504. The van der Waals surface area contributed by atoms with E-state index in [9.17, 15) is 17.5 Å². The lowest BCUT2D eigenvalue weighted by Crippen LogP contribution is -2.36. The summed E-state index contributed by atoms with van der Waals surface area (Å²) in [5.41, 5.74) is -0.220. The number of fused-ring (bicyclic) bond motifs is 1. The van der Waals surface area contributed by atoms with Crippen molar-refractivity contribution in [2.24, 2.45) is 16.8 Å². The molecule has 2 aliphatic rings. The molecule has 1 fully saturated rings. The number of thioether (sulfide) groups is 1.